The van der Waals surface area contributed by atoms with Gasteiger partial charge in [0.05, 0.1) is 0 Å². The molecule has 0 radical (unpaired) electrons. The van der Waals surface area contributed by atoms with E-state index in [4.69, 9.17) is 5.73 Å². The van der Waals surface area contributed by atoms with Crippen LogP contribution in [-0.4, -0.2) is 12.6 Å². The van der Waals surface area contributed by atoms with Gasteiger partial charge in [-0.05, 0) is 42.3 Å². The van der Waals surface area contributed by atoms with Crippen LogP contribution in [-0.2, 0) is 6.54 Å². The summed E-state index contributed by atoms with van der Waals surface area (Å²) in [5.74, 6) is 0. The predicted molar refractivity (Wildman–Crippen MR) is 73.9 cm³/mol. The van der Waals surface area contributed by atoms with Crippen molar-refractivity contribution in [3.63, 3.8) is 0 Å². The molecule has 0 aliphatic rings. The molecule has 0 aromatic heterocycles. The van der Waals surface area contributed by atoms with Gasteiger partial charge in [-0.25, -0.2) is 0 Å². The van der Waals surface area contributed by atoms with Crippen molar-refractivity contribution in [3.05, 3.63) is 48.0 Å². The molecule has 1 unspecified atom stereocenters. The monoisotopic (exact) mass is 228 g/mol. The van der Waals surface area contributed by atoms with Crippen molar-refractivity contribution >= 4 is 10.8 Å². The van der Waals surface area contributed by atoms with Crippen LogP contribution in [0.2, 0.25) is 0 Å². The van der Waals surface area contributed by atoms with E-state index in [2.05, 4.69) is 54.7 Å². The van der Waals surface area contributed by atoms with Crippen molar-refractivity contribution in [2.45, 2.75) is 25.9 Å². The Kier molecular flexibility index (Phi) is 4.13. The van der Waals surface area contributed by atoms with Crippen LogP contribution in [0.15, 0.2) is 42.5 Å². The van der Waals surface area contributed by atoms with Gasteiger partial charge in [-0.1, -0.05) is 36.4 Å². The van der Waals surface area contributed by atoms with Crippen molar-refractivity contribution in [1.82, 2.24) is 5.32 Å². The molecule has 0 aliphatic carbocycles. The molecular formula is C15H20N2. The van der Waals surface area contributed by atoms with E-state index in [1.54, 1.807) is 0 Å². The van der Waals surface area contributed by atoms with Gasteiger partial charge in [-0.15, -0.1) is 0 Å². The van der Waals surface area contributed by atoms with E-state index >= 15 is 0 Å². The summed E-state index contributed by atoms with van der Waals surface area (Å²) in [6.07, 6.45) is 1.02. The molecule has 0 saturated heterocycles. The summed E-state index contributed by atoms with van der Waals surface area (Å²) >= 11 is 0. The van der Waals surface area contributed by atoms with Crippen molar-refractivity contribution in [2.24, 2.45) is 5.73 Å². The lowest BCUT2D eigenvalue weighted by atomic mass is 10.1. The molecule has 0 spiro atoms. The van der Waals surface area contributed by atoms with E-state index in [1.807, 2.05) is 0 Å². The molecule has 0 heterocycles. The van der Waals surface area contributed by atoms with Gasteiger partial charge < -0.3 is 11.1 Å². The molecule has 2 heteroatoms. The lowest BCUT2D eigenvalue weighted by molar-refractivity contribution is 0.520. The number of rotatable bonds is 5. The molecule has 0 bridgehead atoms. The maximum atomic E-state index is 5.53. The molecule has 0 saturated carbocycles. The zero-order valence-electron chi connectivity index (χ0n) is 10.3. The maximum Gasteiger partial charge on any atom is 0.0208 e. The Balaban J connectivity index is 2.04. The first kappa shape index (κ1) is 12.1. The fourth-order valence-corrected chi connectivity index (χ4v) is 1.99. The maximum absolute atomic E-state index is 5.53. The molecule has 0 fully saturated rings. The Bertz CT molecular complexity index is 479. The average molecular weight is 228 g/mol. The van der Waals surface area contributed by atoms with Crippen molar-refractivity contribution in [1.29, 1.82) is 0 Å². The molecule has 0 amide bonds. The minimum absolute atomic E-state index is 0.478. The third-order valence-electron chi connectivity index (χ3n) is 3.07. The summed E-state index contributed by atoms with van der Waals surface area (Å²) in [6, 6.07) is 15.5. The van der Waals surface area contributed by atoms with Crippen LogP contribution in [0.3, 0.4) is 0 Å². The number of hydrogen-bond donors (Lipinski definition) is 2. The van der Waals surface area contributed by atoms with Crippen molar-refractivity contribution in [3.8, 4) is 0 Å². The van der Waals surface area contributed by atoms with Crippen molar-refractivity contribution in [2.75, 3.05) is 6.54 Å². The highest BCUT2D eigenvalue weighted by Gasteiger charge is 2.00. The Hall–Kier alpha value is -1.38. The molecule has 2 nitrogen and oxygen atoms in total. The highest BCUT2D eigenvalue weighted by Crippen LogP contribution is 2.15. The zero-order valence-corrected chi connectivity index (χ0v) is 10.3. The van der Waals surface area contributed by atoms with Crippen LogP contribution in [0.4, 0.5) is 0 Å². The number of nitrogens with two attached hydrogens (primary N) is 1. The van der Waals surface area contributed by atoms with Crippen LogP contribution >= 0.6 is 0 Å². The lowest BCUT2D eigenvalue weighted by Gasteiger charge is -2.12. The van der Waals surface area contributed by atoms with E-state index < -0.39 is 0 Å². The van der Waals surface area contributed by atoms with Crippen LogP contribution in [0.5, 0.6) is 0 Å². The molecule has 1 atom stereocenters. The second kappa shape index (κ2) is 5.80. The Morgan fingerprint density at radius 2 is 1.88 bits per heavy atom. The quantitative estimate of drug-likeness (QED) is 0.825. The largest absolute Gasteiger partial charge is 0.330 e. The van der Waals surface area contributed by atoms with Gasteiger partial charge in [0, 0.05) is 12.6 Å². The second-order valence-electron chi connectivity index (χ2n) is 4.54. The molecule has 2 aromatic rings. The van der Waals surface area contributed by atoms with Gasteiger partial charge >= 0.3 is 0 Å². The van der Waals surface area contributed by atoms with Crippen LogP contribution in [0.1, 0.15) is 18.9 Å². The molecule has 2 aromatic carbocycles. The topological polar surface area (TPSA) is 38.0 Å². The zero-order chi connectivity index (χ0) is 12.1. The average Bonchev–Trinajstić information content (AvgIpc) is 2.36. The summed E-state index contributed by atoms with van der Waals surface area (Å²) in [6.45, 7) is 3.83. The Labute approximate surface area is 103 Å². The smallest absolute Gasteiger partial charge is 0.0208 e. The molecule has 3 N–H and O–H groups in total. The predicted octanol–water partition coefficient (Wildman–Crippen LogP) is 2.67. The first-order valence-corrected chi connectivity index (χ1v) is 6.21. The van der Waals surface area contributed by atoms with E-state index in [-0.39, 0.29) is 0 Å². The SMILES string of the molecule is CC(CCN)NCc1ccc2ccccc2c1. The van der Waals surface area contributed by atoms with E-state index in [0.29, 0.717) is 6.04 Å². The van der Waals surface area contributed by atoms with E-state index in [9.17, 15) is 0 Å². The van der Waals surface area contributed by atoms with E-state index in [1.165, 1.54) is 16.3 Å². The first-order chi connectivity index (χ1) is 8.29. The minimum atomic E-state index is 0.478. The van der Waals surface area contributed by atoms with Gasteiger partial charge in [-0.3, -0.25) is 0 Å². The summed E-state index contributed by atoms with van der Waals surface area (Å²) in [4.78, 5) is 0. The summed E-state index contributed by atoms with van der Waals surface area (Å²) < 4.78 is 0. The lowest BCUT2D eigenvalue weighted by Crippen LogP contribution is -2.27. The fourth-order valence-electron chi connectivity index (χ4n) is 1.99. The van der Waals surface area contributed by atoms with Crippen LogP contribution in [0, 0.1) is 0 Å². The van der Waals surface area contributed by atoms with Gasteiger partial charge in [-0.2, -0.15) is 0 Å². The molecule has 2 rings (SSSR count). The van der Waals surface area contributed by atoms with Gasteiger partial charge in [0.2, 0.25) is 0 Å². The highest BCUT2D eigenvalue weighted by atomic mass is 14.9. The molecular weight excluding hydrogens is 208 g/mol. The second-order valence-corrected chi connectivity index (χ2v) is 4.54. The minimum Gasteiger partial charge on any atom is -0.330 e. The fraction of sp³-hybridized carbons (Fsp3) is 0.333. The molecule has 90 valence electrons. The molecule has 0 aliphatic heterocycles. The third kappa shape index (κ3) is 3.29. The Morgan fingerprint density at radius 1 is 1.12 bits per heavy atom. The number of nitrogens with one attached hydrogen (secondary N) is 1. The number of fused-ring (bicyclic) bond motifs is 1. The number of hydrogen-bond acceptors (Lipinski definition) is 2. The van der Waals surface area contributed by atoms with Crippen LogP contribution < -0.4 is 11.1 Å². The van der Waals surface area contributed by atoms with Crippen molar-refractivity contribution < 1.29 is 0 Å². The normalized spacial score (nSPS) is 12.8. The summed E-state index contributed by atoms with van der Waals surface area (Å²) in [7, 11) is 0. The van der Waals surface area contributed by atoms with Gasteiger partial charge in [0.25, 0.3) is 0 Å². The first-order valence-electron chi connectivity index (χ1n) is 6.21. The van der Waals surface area contributed by atoms with E-state index in [0.717, 1.165) is 19.5 Å². The van der Waals surface area contributed by atoms with Gasteiger partial charge in [0.15, 0.2) is 0 Å². The highest BCUT2D eigenvalue weighted by molar-refractivity contribution is 5.82. The molecule has 17 heavy (non-hydrogen) atoms. The summed E-state index contributed by atoms with van der Waals surface area (Å²) in [5.41, 5.74) is 6.86. The standard InChI is InChI=1S/C15H20N2/c1-12(8-9-16)17-11-13-6-7-14-4-2-3-5-15(14)10-13/h2-7,10,12,17H,8-9,11,16H2,1H3. The number of benzene rings is 2. The third-order valence-corrected chi connectivity index (χ3v) is 3.07. The Morgan fingerprint density at radius 3 is 2.65 bits per heavy atom. The summed E-state index contributed by atoms with van der Waals surface area (Å²) in [5, 5.41) is 6.09. The van der Waals surface area contributed by atoms with Crippen LogP contribution in [0.25, 0.3) is 10.8 Å². The van der Waals surface area contributed by atoms with Gasteiger partial charge in [0.1, 0.15) is 0 Å².